The van der Waals surface area contributed by atoms with Crippen LogP contribution in [0.25, 0.3) is 11.4 Å². The summed E-state index contributed by atoms with van der Waals surface area (Å²) >= 11 is 7.12. The molecule has 0 unspecified atom stereocenters. The number of rotatable bonds is 6. The molecule has 15 heteroatoms. The first-order valence-corrected chi connectivity index (χ1v) is 13.2. The Hall–Kier alpha value is -3.27. The smallest absolute Gasteiger partial charge is 0.236 e. The van der Waals surface area contributed by atoms with Crippen molar-refractivity contribution in [3.63, 3.8) is 0 Å². The number of amidine groups is 1. The number of tetrazole rings is 1. The summed E-state index contributed by atoms with van der Waals surface area (Å²) in [5, 5.41) is 29.5. The second-order valence-corrected chi connectivity index (χ2v) is 10.2. The Labute approximate surface area is 220 Å². The molecule has 3 aromatic rings. The van der Waals surface area contributed by atoms with Gasteiger partial charge in [-0.15, -0.1) is 15.3 Å². The summed E-state index contributed by atoms with van der Waals surface area (Å²) in [6.45, 7) is 5.40. The molecule has 6 rings (SSSR count). The Morgan fingerprint density at radius 3 is 2.84 bits per heavy atom. The van der Waals surface area contributed by atoms with Crippen LogP contribution in [0.1, 0.15) is 30.8 Å². The van der Waals surface area contributed by atoms with Gasteiger partial charge in [-0.05, 0) is 31.3 Å². The highest BCUT2D eigenvalue weighted by molar-refractivity contribution is 8.15. The lowest BCUT2D eigenvalue weighted by Crippen LogP contribution is -2.37. The summed E-state index contributed by atoms with van der Waals surface area (Å²) < 4.78 is 16.2. The van der Waals surface area contributed by atoms with Crippen molar-refractivity contribution >= 4 is 40.8 Å². The van der Waals surface area contributed by atoms with Gasteiger partial charge in [0.2, 0.25) is 11.7 Å². The fourth-order valence-corrected chi connectivity index (χ4v) is 5.45. The van der Waals surface area contributed by atoms with Crippen LogP contribution in [-0.2, 0) is 27.4 Å². The zero-order valence-corrected chi connectivity index (χ0v) is 21.8. The van der Waals surface area contributed by atoms with Crippen LogP contribution in [0.4, 0.5) is 0 Å². The molecule has 0 spiro atoms. The predicted molar refractivity (Wildman–Crippen MR) is 138 cm³/mol. The maximum Gasteiger partial charge on any atom is 0.236 e. The third-order valence-corrected chi connectivity index (χ3v) is 7.59. The summed E-state index contributed by atoms with van der Waals surface area (Å²) in [6, 6.07) is 7.77. The predicted octanol–water partition coefficient (Wildman–Crippen LogP) is 1.71. The molecular formula is C22H24N10O3S2. The van der Waals surface area contributed by atoms with E-state index in [1.54, 1.807) is 4.68 Å². The number of hydrogen-bond donors (Lipinski definition) is 1. The van der Waals surface area contributed by atoms with Gasteiger partial charge in [-0.25, -0.2) is 4.68 Å². The Morgan fingerprint density at radius 1 is 1.24 bits per heavy atom. The molecule has 13 nitrogen and oxygen atoms in total. The third-order valence-electron chi connectivity index (χ3n) is 6.32. The van der Waals surface area contributed by atoms with E-state index in [4.69, 9.17) is 26.8 Å². The van der Waals surface area contributed by atoms with Gasteiger partial charge in [-0.3, -0.25) is 4.79 Å². The van der Waals surface area contributed by atoms with Crippen LogP contribution in [0.15, 0.2) is 34.5 Å². The SMILES string of the molecule is CCn1c(Cn2nnc(-c3ccc(C)cc3)n2)nn([C@H]2C/C(=N\N=C3/NC(=O)CS3)[C@@H]3OC[C@H]2O3)c1=S. The fraction of sp³-hybridized carbons (Fsp3) is 0.455. The monoisotopic (exact) mass is 540 g/mol. The molecule has 192 valence electrons. The Morgan fingerprint density at radius 2 is 2.08 bits per heavy atom. The maximum atomic E-state index is 11.4. The van der Waals surface area contributed by atoms with Gasteiger partial charge in [0.1, 0.15) is 12.6 Å². The number of fused-ring (bicyclic) bond motifs is 2. The van der Waals surface area contributed by atoms with Gasteiger partial charge < -0.3 is 19.4 Å². The minimum Gasteiger partial charge on any atom is -0.344 e. The summed E-state index contributed by atoms with van der Waals surface area (Å²) in [5.41, 5.74) is 2.69. The van der Waals surface area contributed by atoms with E-state index in [0.29, 0.717) is 59.2 Å². The first kappa shape index (κ1) is 24.1. The fourth-order valence-electron chi connectivity index (χ4n) is 4.42. The molecule has 1 amide bonds. The van der Waals surface area contributed by atoms with Gasteiger partial charge in [-0.2, -0.15) is 15.0 Å². The molecule has 3 aliphatic rings. The number of amides is 1. The van der Waals surface area contributed by atoms with E-state index in [1.807, 2.05) is 42.7 Å². The average molecular weight is 541 g/mol. The van der Waals surface area contributed by atoms with Crippen molar-refractivity contribution in [2.75, 3.05) is 12.4 Å². The van der Waals surface area contributed by atoms with Gasteiger partial charge in [0.25, 0.3) is 0 Å². The molecule has 0 radical (unpaired) electrons. The van der Waals surface area contributed by atoms with Gasteiger partial charge in [-0.1, -0.05) is 41.6 Å². The number of ether oxygens (including phenoxy) is 2. The van der Waals surface area contributed by atoms with E-state index < -0.39 is 6.29 Å². The van der Waals surface area contributed by atoms with Crippen molar-refractivity contribution in [2.24, 2.45) is 10.2 Å². The molecule has 1 N–H and O–H groups in total. The molecule has 2 aromatic heterocycles. The number of carbonyl (C=O) groups excluding carboxylic acids is 1. The van der Waals surface area contributed by atoms with Crippen LogP contribution in [0, 0.1) is 11.7 Å². The average Bonchev–Trinajstić information content (AvgIpc) is 3.68. The van der Waals surface area contributed by atoms with Crippen LogP contribution in [-0.4, -0.2) is 76.1 Å². The van der Waals surface area contributed by atoms with Gasteiger partial charge in [0.05, 0.1) is 24.1 Å². The topological polar surface area (TPSA) is 139 Å². The van der Waals surface area contributed by atoms with Crippen molar-refractivity contribution in [3.8, 4) is 11.4 Å². The molecule has 3 fully saturated rings. The molecular weight excluding hydrogens is 516 g/mol. The molecule has 2 bridgehead atoms. The van der Waals surface area contributed by atoms with Crippen molar-refractivity contribution < 1.29 is 14.3 Å². The largest absolute Gasteiger partial charge is 0.344 e. The van der Waals surface area contributed by atoms with E-state index in [0.717, 1.165) is 5.56 Å². The summed E-state index contributed by atoms with van der Waals surface area (Å²) in [6.07, 6.45) is -0.262. The minimum atomic E-state index is -0.561. The van der Waals surface area contributed by atoms with Crippen molar-refractivity contribution in [3.05, 3.63) is 40.4 Å². The quantitative estimate of drug-likeness (QED) is 0.366. The van der Waals surface area contributed by atoms with E-state index in [1.165, 1.54) is 22.1 Å². The first-order chi connectivity index (χ1) is 18.0. The van der Waals surface area contributed by atoms with Crippen molar-refractivity contribution in [2.45, 2.75) is 51.8 Å². The molecule has 5 heterocycles. The molecule has 37 heavy (non-hydrogen) atoms. The van der Waals surface area contributed by atoms with Crippen LogP contribution in [0.2, 0.25) is 0 Å². The minimum absolute atomic E-state index is 0.0873. The molecule has 3 atom stereocenters. The molecule has 3 aliphatic heterocycles. The molecule has 0 saturated carbocycles. The number of aromatic nitrogens is 7. The second kappa shape index (κ2) is 9.89. The Kier molecular flexibility index (Phi) is 6.44. The van der Waals surface area contributed by atoms with Gasteiger partial charge in [0.15, 0.2) is 22.1 Å². The van der Waals surface area contributed by atoms with Crippen molar-refractivity contribution in [1.82, 2.24) is 39.9 Å². The van der Waals surface area contributed by atoms with Crippen LogP contribution >= 0.6 is 24.0 Å². The lowest BCUT2D eigenvalue weighted by molar-refractivity contribution is -0.116. The zero-order chi connectivity index (χ0) is 25.5. The van der Waals surface area contributed by atoms with E-state index in [-0.39, 0.29) is 18.1 Å². The number of hydrogen-bond acceptors (Lipinski definition) is 11. The zero-order valence-electron chi connectivity index (χ0n) is 20.1. The molecule has 0 aliphatic carbocycles. The first-order valence-electron chi connectivity index (χ1n) is 11.9. The standard InChI is InChI=1S/C22H24N10O3S2/c1-3-30-17(9-31-28-19(25-29-31)13-6-4-12(2)5-7-13)27-32(22(30)36)15-8-14(20-34-10-16(15)35-20)24-26-21-23-18(33)11-37-21/h4-7,15-16,20H,3,8-11H2,1-2H3,(H,23,26,33)/b24-14+/t15-,16+,20+/m0/s1. The lowest BCUT2D eigenvalue weighted by atomic mass is 10.0. The highest BCUT2D eigenvalue weighted by Crippen LogP contribution is 2.34. The number of aryl methyl sites for hydroxylation is 1. The highest BCUT2D eigenvalue weighted by atomic mass is 32.2. The third kappa shape index (κ3) is 4.74. The number of carbonyl (C=O) groups is 1. The normalized spacial score (nSPS) is 25.4. The van der Waals surface area contributed by atoms with Crippen LogP contribution in [0.3, 0.4) is 0 Å². The van der Waals surface area contributed by atoms with Gasteiger partial charge in [0, 0.05) is 18.5 Å². The van der Waals surface area contributed by atoms with E-state index >= 15 is 0 Å². The summed E-state index contributed by atoms with van der Waals surface area (Å²) in [5.74, 6) is 1.51. The van der Waals surface area contributed by atoms with E-state index in [9.17, 15) is 4.79 Å². The Bertz CT molecular complexity index is 1460. The van der Waals surface area contributed by atoms with E-state index in [2.05, 4.69) is 30.9 Å². The highest BCUT2D eigenvalue weighted by Gasteiger charge is 2.44. The number of thioether (sulfide) groups is 1. The van der Waals surface area contributed by atoms with Crippen LogP contribution in [0.5, 0.6) is 0 Å². The lowest BCUT2D eigenvalue weighted by Gasteiger charge is -2.27. The van der Waals surface area contributed by atoms with Gasteiger partial charge >= 0.3 is 0 Å². The summed E-state index contributed by atoms with van der Waals surface area (Å²) in [7, 11) is 0. The number of nitrogens with one attached hydrogen (secondary N) is 1. The number of benzene rings is 1. The van der Waals surface area contributed by atoms with Crippen molar-refractivity contribution in [1.29, 1.82) is 0 Å². The second-order valence-electron chi connectivity index (χ2n) is 8.84. The Balaban J connectivity index is 1.26. The van der Waals surface area contributed by atoms with Crippen LogP contribution < -0.4 is 5.32 Å². The molecule has 1 aromatic carbocycles. The number of nitrogens with zero attached hydrogens (tertiary/aromatic N) is 9. The molecule has 3 saturated heterocycles. The summed E-state index contributed by atoms with van der Waals surface area (Å²) in [4.78, 5) is 13.0. The maximum absolute atomic E-state index is 11.4.